The molecule has 0 radical (unpaired) electrons. The van der Waals surface area contributed by atoms with Gasteiger partial charge in [0.15, 0.2) is 0 Å². The quantitative estimate of drug-likeness (QED) is 0.309. The van der Waals surface area contributed by atoms with E-state index in [0.717, 1.165) is 35.6 Å². The van der Waals surface area contributed by atoms with E-state index in [4.69, 9.17) is 5.73 Å². The predicted octanol–water partition coefficient (Wildman–Crippen LogP) is 2.08. The van der Waals surface area contributed by atoms with Gasteiger partial charge < -0.3 is 16.2 Å². The van der Waals surface area contributed by atoms with Crippen LogP contribution < -0.4 is 16.1 Å². The van der Waals surface area contributed by atoms with Crippen molar-refractivity contribution in [2.75, 3.05) is 18.1 Å². The zero-order valence-electron chi connectivity index (χ0n) is 19.3. The number of imide groups is 1. The van der Waals surface area contributed by atoms with E-state index < -0.39 is 23.4 Å². The Morgan fingerprint density at radius 3 is 2.36 bits per heavy atom. The number of amides is 5. The van der Waals surface area contributed by atoms with Gasteiger partial charge in [0.05, 0.1) is 11.3 Å². The highest BCUT2D eigenvalue weighted by atomic mass is 16.3. The van der Waals surface area contributed by atoms with Crippen molar-refractivity contribution in [3.8, 4) is 0 Å². The monoisotopic (exact) mass is 459 g/mol. The van der Waals surface area contributed by atoms with Gasteiger partial charge in [-0.15, -0.1) is 0 Å². The van der Waals surface area contributed by atoms with E-state index in [1.165, 1.54) is 13.0 Å². The number of rotatable bonds is 8. The van der Waals surface area contributed by atoms with Crippen LogP contribution in [-0.2, 0) is 9.59 Å². The summed E-state index contributed by atoms with van der Waals surface area (Å²) in [5.74, 6) is -1.63. The average Bonchev–Trinajstić information content (AvgIpc) is 2.98. The highest BCUT2D eigenvalue weighted by Gasteiger charge is 2.29. The molecule has 1 aromatic rings. The van der Waals surface area contributed by atoms with Crippen LogP contribution >= 0.6 is 0 Å². The lowest BCUT2D eigenvalue weighted by atomic mass is 9.94. The molecule has 5 amide bonds. The summed E-state index contributed by atoms with van der Waals surface area (Å²) in [5.41, 5.74) is 5.40. The fraction of sp³-hybridized carbons (Fsp3) is 0.522. The second kappa shape index (κ2) is 11.6. The van der Waals surface area contributed by atoms with Crippen LogP contribution in [0.15, 0.2) is 23.3 Å². The molecule has 0 unspecified atom stereocenters. The van der Waals surface area contributed by atoms with Crippen molar-refractivity contribution in [3.63, 3.8) is 0 Å². The van der Waals surface area contributed by atoms with E-state index >= 15 is 0 Å². The number of hydrogen-bond donors (Lipinski definition) is 3. The first-order chi connectivity index (χ1) is 15.6. The maximum Gasteiger partial charge on any atom is 0.351 e. The van der Waals surface area contributed by atoms with Crippen LogP contribution in [0.2, 0.25) is 0 Å². The SMILES string of the molecule is C=NN(C(=O)N(CCC(N)=O)C(C)=O)c1ccc(C)c(C(=O)NCC2(O)CCCCCC2)c1. The molecule has 180 valence electrons. The summed E-state index contributed by atoms with van der Waals surface area (Å²) >= 11 is 0. The molecule has 10 heteroatoms. The Hall–Kier alpha value is -3.27. The molecule has 0 heterocycles. The van der Waals surface area contributed by atoms with E-state index in [1.807, 2.05) is 0 Å². The van der Waals surface area contributed by atoms with Crippen LogP contribution in [0.4, 0.5) is 10.5 Å². The smallest absolute Gasteiger partial charge is 0.351 e. The summed E-state index contributed by atoms with van der Waals surface area (Å²) in [7, 11) is 0. The van der Waals surface area contributed by atoms with Crippen LogP contribution in [0, 0.1) is 6.92 Å². The number of carbonyl (C=O) groups excluding carboxylic acids is 4. The van der Waals surface area contributed by atoms with Crippen LogP contribution in [-0.4, -0.2) is 59.2 Å². The first kappa shape index (κ1) is 26.0. The number of hydrogen-bond acceptors (Lipinski definition) is 6. The zero-order valence-corrected chi connectivity index (χ0v) is 19.3. The number of urea groups is 1. The molecule has 1 aliphatic rings. The topological polar surface area (TPSA) is 145 Å². The number of aryl methyl sites for hydroxylation is 1. The minimum absolute atomic E-state index is 0.142. The van der Waals surface area contributed by atoms with E-state index in [1.54, 1.807) is 19.1 Å². The second-order valence-electron chi connectivity index (χ2n) is 8.44. The highest BCUT2D eigenvalue weighted by molar-refractivity contribution is 6.03. The average molecular weight is 460 g/mol. The molecule has 0 bridgehead atoms. The highest BCUT2D eigenvalue weighted by Crippen LogP contribution is 2.27. The number of anilines is 1. The predicted molar refractivity (Wildman–Crippen MR) is 125 cm³/mol. The fourth-order valence-electron chi connectivity index (χ4n) is 3.87. The summed E-state index contributed by atoms with van der Waals surface area (Å²) in [6.45, 7) is 6.28. The maximum atomic E-state index is 12.9. The number of nitrogens with one attached hydrogen (secondary N) is 1. The van der Waals surface area contributed by atoms with Gasteiger partial charge in [-0.25, -0.2) is 4.79 Å². The molecular weight excluding hydrogens is 426 g/mol. The molecule has 0 atom stereocenters. The Morgan fingerprint density at radius 2 is 1.82 bits per heavy atom. The van der Waals surface area contributed by atoms with Crippen LogP contribution in [0.3, 0.4) is 0 Å². The third-order valence-electron chi connectivity index (χ3n) is 5.84. The van der Waals surface area contributed by atoms with Gasteiger partial charge >= 0.3 is 6.03 Å². The lowest BCUT2D eigenvalue weighted by Gasteiger charge is -2.27. The molecule has 2 rings (SSSR count). The first-order valence-corrected chi connectivity index (χ1v) is 11.1. The third-order valence-corrected chi connectivity index (χ3v) is 5.84. The van der Waals surface area contributed by atoms with Gasteiger partial charge in [-0.1, -0.05) is 31.7 Å². The third kappa shape index (κ3) is 7.11. The van der Waals surface area contributed by atoms with Crippen LogP contribution in [0.1, 0.15) is 67.8 Å². The Balaban J connectivity index is 2.21. The van der Waals surface area contributed by atoms with Gasteiger partial charge in [0.1, 0.15) is 0 Å². The number of benzene rings is 1. The van der Waals surface area contributed by atoms with E-state index in [0.29, 0.717) is 24.0 Å². The van der Waals surface area contributed by atoms with E-state index in [-0.39, 0.29) is 31.1 Å². The minimum Gasteiger partial charge on any atom is -0.388 e. The van der Waals surface area contributed by atoms with E-state index in [9.17, 15) is 24.3 Å². The molecule has 4 N–H and O–H groups in total. The van der Waals surface area contributed by atoms with Crippen molar-refractivity contribution < 1.29 is 24.3 Å². The van der Waals surface area contributed by atoms with Crippen LogP contribution in [0.25, 0.3) is 0 Å². The number of hydrazone groups is 1. The first-order valence-electron chi connectivity index (χ1n) is 11.1. The molecule has 1 aromatic carbocycles. The van der Waals surface area contributed by atoms with Crippen molar-refractivity contribution >= 4 is 36.2 Å². The molecule has 0 aromatic heterocycles. The Kier molecular flexibility index (Phi) is 9.10. The molecule has 0 aliphatic heterocycles. The minimum atomic E-state index is -0.926. The molecule has 1 fully saturated rings. The van der Waals surface area contributed by atoms with Gasteiger partial charge in [-0.3, -0.25) is 19.3 Å². The second-order valence-corrected chi connectivity index (χ2v) is 8.44. The summed E-state index contributed by atoms with van der Waals surface area (Å²) in [5, 5.41) is 18.2. The van der Waals surface area contributed by atoms with Crippen molar-refractivity contribution in [2.45, 2.75) is 64.4 Å². The zero-order chi connectivity index (χ0) is 24.6. The summed E-state index contributed by atoms with van der Waals surface area (Å²) < 4.78 is 0. The number of carbonyl (C=O) groups is 4. The van der Waals surface area contributed by atoms with Crippen molar-refractivity contribution in [1.82, 2.24) is 10.2 Å². The number of aliphatic hydroxyl groups is 1. The fourth-order valence-corrected chi connectivity index (χ4v) is 3.87. The van der Waals surface area contributed by atoms with Gasteiger partial charge in [0.2, 0.25) is 11.8 Å². The molecule has 10 nitrogen and oxygen atoms in total. The molecule has 33 heavy (non-hydrogen) atoms. The van der Waals surface area contributed by atoms with E-state index in [2.05, 4.69) is 17.1 Å². The van der Waals surface area contributed by atoms with Crippen LogP contribution in [0.5, 0.6) is 0 Å². The van der Waals surface area contributed by atoms with Crippen molar-refractivity contribution in [3.05, 3.63) is 29.3 Å². The molecule has 0 saturated heterocycles. The standard InChI is InChI=1S/C23H33N5O5/c1-16-8-9-18(28(25-3)22(32)27(17(2)29)13-10-20(24)30)14-19(16)21(31)26-15-23(33)11-6-4-5-7-12-23/h8-9,14,33H,3-7,10-13,15H2,1-2H3,(H2,24,30)(H,26,31). The summed E-state index contributed by atoms with van der Waals surface area (Å²) in [6, 6.07) is 3.88. The number of nitrogens with two attached hydrogens (primary N) is 1. The van der Waals surface area contributed by atoms with Gasteiger partial charge in [-0.2, -0.15) is 10.1 Å². The maximum absolute atomic E-state index is 12.9. The number of primary amides is 1. The summed E-state index contributed by atoms with van der Waals surface area (Å²) in [6.07, 6.45) is 5.08. The molecule has 0 spiro atoms. The molecule has 1 aliphatic carbocycles. The Morgan fingerprint density at radius 1 is 1.18 bits per heavy atom. The molecule has 1 saturated carbocycles. The molecular formula is C23H33N5O5. The number of nitrogens with zero attached hydrogens (tertiary/aromatic N) is 3. The Bertz CT molecular complexity index is 909. The van der Waals surface area contributed by atoms with Gasteiger partial charge in [0, 0.05) is 38.7 Å². The lowest BCUT2D eigenvalue weighted by molar-refractivity contribution is -0.126. The largest absolute Gasteiger partial charge is 0.388 e. The van der Waals surface area contributed by atoms with Gasteiger partial charge in [-0.05, 0) is 37.5 Å². The normalized spacial score (nSPS) is 15.1. The lowest BCUT2D eigenvalue weighted by Crippen LogP contribution is -2.45. The van der Waals surface area contributed by atoms with Gasteiger partial charge in [0.25, 0.3) is 5.91 Å². The Labute approximate surface area is 193 Å². The van der Waals surface area contributed by atoms with Crippen molar-refractivity contribution in [1.29, 1.82) is 0 Å². The summed E-state index contributed by atoms with van der Waals surface area (Å²) in [4.78, 5) is 49.7. The van der Waals surface area contributed by atoms with Crippen molar-refractivity contribution in [2.24, 2.45) is 10.8 Å².